The molecule has 7 nitrogen and oxygen atoms in total. The molecule has 0 spiro atoms. The topological polar surface area (TPSA) is 84.9 Å². The molecule has 30 heavy (non-hydrogen) atoms. The van der Waals surface area contributed by atoms with Crippen LogP contribution in [0, 0.1) is 0 Å². The highest BCUT2D eigenvalue weighted by atomic mass is 32.1. The summed E-state index contributed by atoms with van der Waals surface area (Å²) in [4.78, 5) is 37.3. The maximum absolute atomic E-state index is 12.7. The van der Waals surface area contributed by atoms with Crippen LogP contribution in [0.2, 0.25) is 0 Å². The average Bonchev–Trinajstić information content (AvgIpc) is 3.20. The number of thiophene rings is 1. The molecule has 1 aromatic heterocycles. The number of hydrazine groups is 1. The minimum Gasteiger partial charge on any atom is -0.493 e. The number of ketones is 1. The molecule has 0 aliphatic rings. The van der Waals surface area contributed by atoms with Crippen LogP contribution in [0.5, 0.6) is 11.5 Å². The van der Waals surface area contributed by atoms with E-state index in [1.165, 1.54) is 32.6 Å². The number of fused-ring (bicyclic) bond motifs is 1. The van der Waals surface area contributed by atoms with E-state index in [1.54, 1.807) is 23.6 Å². The van der Waals surface area contributed by atoms with Crippen LogP contribution >= 0.6 is 11.3 Å². The van der Waals surface area contributed by atoms with E-state index >= 15 is 0 Å². The van der Waals surface area contributed by atoms with Crippen LogP contribution in [0.3, 0.4) is 0 Å². The van der Waals surface area contributed by atoms with Crippen molar-refractivity contribution in [2.24, 2.45) is 0 Å². The number of carbonyl (C=O) groups excluding carboxylic acids is 3. The lowest BCUT2D eigenvalue weighted by atomic mass is 10.1. The van der Waals surface area contributed by atoms with Gasteiger partial charge < -0.3 is 9.47 Å². The molecule has 2 aromatic carbocycles. The second kappa shape index (κ2) is 9.41. The summed E-state index contributed by atoms with van der Waals surface area (Å²) in [7, 11) is 4.49. The van der Waals surface area contributed by atoms with E-state index in [4.69, 9.17) is 9.47 Å². The number of nitrogens with one attached hydrogen (secondary N) is 1. The zero-order chi connectivity index (χ0) is 21.7. The minimum atomic E-state index is -0.417. The van der Waals surface area contributed by atoms with Gasteiger partial charge in [0, 0.05) is 40.9 Å². The van der Waals surface area contributed by atoms with Gasteiger partial charge in [0.25, 0.3) is 5.91 Å². The van der Waals surface area contributed by atoms with Crippen LogP contribution in [0.25, 0.3) is 10.1 Å². The van der Waals surface area contributed by atoms with Gasteiger partial charge in [-0.25, -0.2) is 0 Å². The SMILES string of the molecule is COc1ccc(C(=O)CCC(=O)NN(C)C(=O)c2csc3ccccc23)cc1OC. The highest BCUT2D eigenvalue weighted by Gasteiger charge is 2.19. The van der Waals surface area contributed by atoms with E-state index in [0.29, 0.717) is 22.6 Å². The fourth-order valence-electron chi connectivity index (χ4n) is 3.00. The van der Waals surface area contributed by atoms with Crippen molar-refractivity contribution in [3.8, 4) is 11.5 Å². The summed E-state index contributed by atoms with van der Waals surface area (Å²) in [5.74, 6) is 0.0316. The number of carbonyl (C=O) groups is 3. The number of amides is 2. The molecule has 0 radical (unpaired) electrons. The van der Waals surface area contributed by atoms with E-state index in [-0.39, 0.29) is 24.5 Å². The molecule has 0 aliphatic heterocycles. The van der Waals surface area contributed by atoms with E-state index in [1.807, 2.05) is 24.3 Å². The quantitative estimate of drug-likeness (QED) is 0.460. The summed E-state index contributed by atoms with van der Waals surface area (Å²) in [5, 5.41) is 3.77. The van der Waals surface area contributed by atoms with Gasteiger partial charge in [0.15, 0.2) is 17.3 Å². The molecule has 0 atom stereocenters. The second-order valence-electron chi connectivity index (χ2n) is 6.54. The first-order valence-electron chi connectivity index (χ1n) is 9.23. The summed E-state index contributed by atoms with van der Waals surface area (Å²) >= 11 is 1.47. The average molecular weight is 426 g/mol. The van der Waals surface area contributed by atoms with Gasteiger partial charge in [-0.1, -0.05) is 18.2 Å². The maximum Gasteiger partial charge on any atom is 0.273 e. The van der Waals surface area contributed by atoms with Crippen LogP contribution in [0.1, 0.15) is 33.6 Å². The Morgan fingerprint density at radius 2 is 1.73 bits per heavy atom. The van der Waals surface area contributed by atoms with Gasteiger partial charge in [-0.05, 0) is 24.3 Å². The Bertz CT molecular complexity index is 1090. The molecule has 0 saturated carbocycles. The molecule has 0 fully saturated rings. The van der Waals surface area contributed by atoms with Crippen molar-refractivity contribution >= 4 is 39.0 Å². The minimum absolute atomic E-state index is 0.00469. The molecule has 1 N–H and O–H groups in total. The number of benzene rings is 2. The van der Waals surface area contributed by atoms with Gasteiger partial charge in [0.05, 0.1) is 19.8 Å². The Labute approximate surface area is 178 Å². The molecule has 0 saturated heterocycles. The first kappa shape index (κ1) is 21.3. The lowest BCUT2D eigenvalue weighted by Gasteiger charge is -2.18. The van der Waals surface area contributed by atoms with Gasteiger partial charge in [0.1, 0.15) is 0 Å². The van der Waals surface area contributed by atoms with Crippen LogP contribution in [-0.4, -0.2) is 43.9 Å². The lowest BCUT2D eigenvalue weighted by molar-refractivity contribution is -0.124. The summed E-state index contributed by atoms with van der Waals surface area (Å²) in [6.07, 6.45) is -0.0418. The van der Waals surface area contributed by atoms with Gasteiger partial charge in [-0.2, -0.15) is 0 Å². The Morgan fingerprint density at radius 1 is 1.00 bits per heavy atom. The molecular formula is C22H22N2O5S. The predicted molar refractivity (Wildman–Crippen MR) is 115 cm³/mol. The summed E-state index contributed by atoms with van der Waals surface area (Å²) < 4.78 is 11.4. The van der Waals surface area contributed by atoms with E-state index in [9.17, 15) is 14.4 Å². The van der Waals surface area contributed by atoms with Crippen LogP contribution < -0.4 is 14.9 Å². The number of methoxy groups -OCH3 is 2. The molecule has 8 heteroatoms. The highest BCUT2D eigenvalue weighted by Crippen LogP contribution is 2.28. The van der Waals surface area contributed by atoms with Crippen molar-refractivity contribution < 1.29 is 23.9 Å². The van der Waals surface area contributed by atoms with Gasteiger partial charge in [0.2, 0.25) is 5.91 Å². The highest BCUT2D eigenvalue weighted by molar-refractivity contribution is 7.17. The van der Waals surface area contributed by atoms with Crippen molar-refractivity contribution in [1.82, 2.24) is 10.4 Å². The normalized spacial score (nSPS) is 10.5. The number of rotatable bonds is 7. The molecule has 2 amide bonds. The Balaban J connectivity index is 1.57. The monoisotopic (exact) mass is 426 g/mol. The largest absolute Gasteiger partial charge is 0.493 e. The van der Waals surface area contributed by atoms with Crippen LogP contribution in [0.4, 0.5) is 0 Å². The lowest BCUT2D eigenvalue weighted by Crippen LogP contribution is -2.43. The second-order valence-corrected chi connectivity index (χ2v) is 7.45. The van der Waals surface area contributed by atoms with Crippen molar-refractivity contribution in [3.63, 3.8) is 0 Å². The first-order valence-corrected chi connectivity index (χ1v) is 10.1. The summed E-state index contributed by atoms with van der Waals surface area (Å²) in [6.45, 7) is 0. The molecule has 0 unspecified atom stereocenters. The Morgan fingerprint density at radius 3 is 2.47 bits per heavy atom. The predicted octanol–water partition coefficient (Wildman–Crippen LogP) is 3.68. The van der Waals surface area contributed by atoms with E-state index in [0.717, 1.165) is 15.1 Å². The third-order valence-electron chi connectivity index (χ3n) is 4.59. The summed E-state index contributed by atoms with van der Waals surface area (Å²) in [5.41, 5.74) is 3.49. The molecule has 0 aliphatic carbocycles. The third-order valence-corrected chi connectivity index (χ3v) is 5.56. The molecular weight excluding hydrogens is 404 g/mol. The third kappa shape index (κ3) is 4.60. The molecule has 156 valence electrons. The number of hydrogen-bond donors (Lipinski definition) is 1. The van der Waals surface area contributed by atoms with Crippen molar-refractivity contribution in [2.45, 2.75) is 12.8 Å². The zero-order valence-corrected chi connectivity index (χ0v) is 17.7. The van der Waals surface area contributed by atoms with Crippen LogP contribution in [0.15, 0.2) is 47.8 Å². The molecule has 3 rings (SSSR count). The number of hydrogen-bond acceptors (Lipinski definition) is 6. The maximum atomic E-state index is 12.7. The Hall–Kier alpha value is -3.39. The zero-order valence-electron chi connectivity index (χ0n) is 16.9. The van der Waals surface area contributed by atoms with Gasteiger partial charge in [-0.3, -0.25) is 24.8 Å². The molecule has 1 heterocycles. The van der Waals surface area contributed by atoms with Crippen molar-refractivity contribution in [3.05, 3.63) is 59.0 Å². The molecule has 0 bridgehead atoms. The molecule has 3 aromatic rings. The first-order chi connectivity index (χ1) is 14.4. The van der Waals surface area contributed by atoms with E-state index in [2.05, 4.69) is 5.43 Å². The fourth-order valence-corrected chi connectivity index (χ4v) is 3.93. The summed E-state index contributed by atoms with van der Waals surface area (Å²) in [6, 6.07) is 12.4. The fraction of sp³-hybridized carbons (Fsp3) is 0.227. The number of nitrogens with zero attached hydrogens (tertiary/aromatic N) is 1. The number of Topliss-reactive ketones (excluding diaryl/α,β-unsaturated/α-hetero) is 1. The Kier molecular flexibility index (Phi) is 6.68. The van der Waals surface area contributed by atoms with Crippen molar-refractivity contribution in [2.75, 3.05) is 21.3 Å². The standard InChI is InChI=1S/C22H22N2O5S/c1-24(22(27)16-13-30-20-7-5-4-6-15(16)20)23-21(26)11-9-17(25)14-8-10-18(28-2)19(12-14)29-3/h4-8,10,12-13H,9,11H2,1-3H3,(H,23,26). The van der Waals surface area contributed by atoms with Gasteiger partial charge in [-0.15, -0.1) is 11.3 Å². The van der Waals surface area contributed by atoms with Gasteiger partial charge >= 0.3 is 0 Å². The smallest absolute Gasteiger partial charge is 0.273 e. The van der Waals surface area contributed by atoms with E-state index < -0.39 is 5.91 Å². The van der Waals surface area contributed by atoms with Crippen molar-refractivity contribution in [1.29, 1.82) is 0 Å². The van der Waals surface area contributed by atoms with Crippen LogP contribution in [-0.2, 0) is 4.79 Å². The number of ether oxygens (including phenoxy) is 2.